The molecule has 0 amide bonds. The minimum Gasteiger partial charge on any atom is -0.382 e. The summed E-state index contributed by atoms with van der Waals surface area (Å²) in [6.07, 6.45) is 2.93. The Morgan fingerprint density at radius 2 is 2.08 bits per heavy atom. The Kier molecular flexibility index (Phi) is 1.55. The van der Waals surface area contributed by atoms with E-state index in [0.717, 1.165) is 0 Å². The Hall–Kier alpha value is -2.18. The van der Waals surface area contributed by atoms with Gasteiger partial charge in [-0.25, -0.2) is 19.9 Å². The lowest BCUT2D eigenvalue weighted by Crippen LogP contribution is -2.01. The van der Waals surface area contributed by atoms with E-state index in [2.05, 4.69) is 25.1 Å². The van der Waals surface area contributed by atoms with E-state index >= 15 is 0 Å². The van der Waals surface area contributed by atoms with Crippen LogP contribution in [-0.4, -0.2) is 25.1 Å². The predicted octanol–water partition coefficient (Wildman–Crippen LogP) is -0.863. The standard InChI is InChI=1S/C6H6N6O/c7-4-3(8-1-2-9-4)5-10-6(13)12-11-5/h1-2H,(H2,7,9)(H2,10,11,12,13). The van der Waals surface area contributed by atoms with Crippen LogP contribution in [0.25, 0.3) is 11.5 Å². The summed E-state index contributed by atoms with van der Waals surface area (Å²) in [5, 5.41) is 5.88. The van der Waals surface area contributed by atoms with Crippen LogP contribution in [0.4, 0.5) is 5.82 Å². The summed E-state index contributed by atoms with van der Waals surface area (Å²) in [7, 11) is 0. The number of rotatable bonds is 1. The monoisotopic (exact) mass is 178 g/mol. The van der Waals surface area contributed by atoms with Crippen LogP contribution in [0.5, 0.6) is 0 Å². The first-order valence-corrected chi connectivity index (χ1v) is 3.49. The molecule has 66 valence electrons. The molecule has 0 saturated heterocycles. The third-order valence-electron chi connectivity index (χ3n) is 1.45. The molecule has 2 heterocycles. The zero-order chi connectivity index (χ0) is 9.26. The molecule has 0 aliphatic rings. The summed E-state index contributed by atoms with van der Waals surface area (Å²) in [5.74, 6) is 0.515. The second-order valence-electron chi connectivity index (χ2n) is 2.32. The third kappa shape index (κ3) is 1.26. The van der Waals surface area contributed by atoms with E-state index in [1.54, 1.807) is 0 Å². The molecule has 0 fully saturated rings. The van der Waals surface area contributed by atoms with E-state index in [1.807, 2.05) is 0 Å². The number of nitrogens with two attached hydrogens (primary N) is 1. The summed E-state index contributed by atoms with van der Waals surface area (Å²) >= 11 is 0. The van der Waals surface area contributed by atoms with Crippen LogP contribution in [0.15, 0.2) is 17.2 Å². The molecule has 0 bridgehead atoms. The van der Waals surface area contributed by atoms with E-state index in [4.69, 9.17) is 5.73 Å². The number of aromatic nitrogens is 5. The summed E-state index contributed by atoms with van der Waals surface area (Å²) in [6, 6.07) is 0. The molecule has 0 spiro atoms. The van der Waals surface area contributed by atoms with Gasteiger partial charge in [0.2, 0.25) is 0 Å². The maximum Gasteiger partial charge on any atom is 0.340 e. The van der Waals surface area contributed by atoms with Crippen molar-refractivity contribution in [3.63, 3.8) is 0 Å². The van der Waals surface area contributed by atoms with E-state index in [9.17, 15) is 4.79 Å². The average Bonchev–Trinajstić information content (AvgIpc) is 2.53. The van der Waals surface area contributed by atoms with E-state index < -0.39 is 5.69 Å². The lowest BCUT2D eigenvalue weighted by molar-refractivity contribution is 1.05. The zero-order valence-corrected chi connectivity index (χ0v) is 6.48. The molecule has 0 radical (unpaired) electrons. The Bertz CT molecular complexity index is 472. The Labute approximate surface area is 72.0 Å². The van der Waals surface area contributed by atoms with Crippen LogP contribution in [0.1, 0.15) is 0 Å². The maximum absolute atomic E-state index is 10.7. The van der Waals surface area contributed by atoms with Gasteiger partial charge in [-0.05, 0) is 0 Å². The normalized spacial score (nSPS) is 10.2. The van der Waals surface area contributed by atoms with Crippen molar-refractivity contribution >= 4 is 5.82 Å². The van der Waals surface area contributed by atoms with Crippen LogP contribution in [-0.2, 0) is 0 Å². The molecule has 0 atom stereocenters. The number of nitrogens with zero attached hydrogens (tertiary/aromatic N) is 3. The molecule has 0 aliphatic heterocycles. The van der Waals surface area contributed by atoms with Crippen molar-refractivity contribution in [2.45, 2.75) is 0 Å². The van der Waals surface area contributed by atoms with Gasteiger partial charge in [0.1, 0.15) is 5.69 Å². The largest absolute Gasteiger partial charge is 0.382 e. The number of hydrogen-bond donors (Lipinski definition) is 3. The summed E-state index contributed by atoms with van der Waals surface area (Å²) in [4.78, 5) is 20.9. The topological polar surface area (TPSA) is 113 Å². The molecule has 2 aromatic heterocycles. The number of hydrogen-bond acceptors (Lipinski definition) is 5. The van der Waals surface area contributed by atoms with Crippen LogP contribution in [0.3, 0.4) is 0 Å². The summed E-state index contributed by atoms with van der Waals surface area (Å²) in [6.45, 7) is 0. The molecule has 0 aromatic carbocycles. The Morgan fingerprint density at radius 1 is 1.31 bits per heavy atom. The number of H-pyrrole nitrogens is 2. The van der Waals surface area contributed by atoms with Crippen molar-refractivity contribution in [3.8, 4) is 11.5 Å². The van der Waals surface area contributed by atoms with Gasteiger partial charge in [0.05, 0.1) is 0 Å². The van der Waals surface area contributed by atoms with Gasteiger partial charge in [-0.1, -0.05) is 0 Å². The summed E-state index contributed by atoms with van der Waals surface area (Å²) < 4.78 is 0. The fourth-order valence-corrected chi connectivity index (χ4v) is 0.913. The predicted molar refractivity (Wildman–Crippen MR) is 44.6 cm³/mol. The van der Waals surface area contributed by atoms with E-state index in [-0.39, 0.29) is 11.6 Å². The number of nitrogens with one attached hydrogen (secondary N) is 2. The molecule has 13 heavy (non-hydrogen) atoms. The van der Waals surface area contributed by atoms with Crippen LogP contribution in [0, 0.1) is 0 Å². The van der Waals surface area contributed by atoms with Gasteiger partial charge in [0.25, 0.3) is 0 Å². The summed E-state index contributed by atoms with van der Waals surface area (Å²) in [5.41, 5.74) is 5.47. The molecule has 4 N–H and O–H groups in total. The van der Waals surface area contributed by atoms with Crippen LogP contribution < -0.4 is 11.4 Å². The molecule has 7 heteroatoms. The Balaban J connectivity index is 2.58. The minimum absolute atomic E-state index is 0.227. The van der Waals surface area contributed by atoms with Gasteiger partial charge >= 0.3 is 5.69 Å². The first-order valence-electron chi connectivity index (χ1n) is 3.49. The zero-order valence-electron chi connectivity index (χ0n) is 6.48. The number of nitrogen functional groups attached to an aromatic ring is 1. The fraction of sp³-hybridized carbons (Fsp3) is 0. The molecule has 0 unspecified atom stereocenters. The van der Waals surface area contributed by atoms with Gasteiger partial charge in [-0.15, -0.1) is 0 Å². The highest BCUT2D eigenvalue weighted by molar-refractivity contribution is 5.62. The molecule has 0 aliphatic carbocycles. The van der Waals surface area contributed by atoms with Crippen LogP contribution >= 0.6 is 0 Å². The first kappa shape index (κ1) is 7.47. The highest BCUT2D eigenvalue weighted by Crippen LogP contribution is 2.13. The minimum atomic E-state index is -0.403. The van der Waals surface area contributed by atoms with Gasteiger partial charge in [0, 0.05) is 12.4 Å². The molecule has 0 saturated carbocycles. The molecular weight excluding hydrogens is 172 g/mol. The van der Waals surface area contributed by atoms with Crippen molar-refractivity contribution in [3.05, 3.63) is 22.9 Å². The van der Waals surface area contributed by atoms with Crippen molar-refractivity contribution in [1.29, 1.82) is 0 Å². The number of aromatic amines is 2. The smallest absolute Gasteiger partial charge is 0.340 e. The highest BCUT2D eigenvalue weighted by atomic mass is 16.1. The third-order valence-corrected chi connectivity index (χ3v) is 1.45. The van der Waals surface area contributed by atoms with Crippen LogP contribution in [0.2, 0.25) is 0 Å². The first-order chi connectivity index (χ1) is 6.27. The highest BCUT2D eigenvalue weighted by Gasteiger charge is 2.07. The van der Waals surface area contributed by atoms with Crippen molar-refractivity contribution in [2.75, 3.05) is 5.73 Å². The van der Waals surface area contributed by atoms with Gasteiger partial charge in [-0.2, -0.15) is 5.10 Å². The quantitative estimate of drug-likeness (QED) is 0.525. The second kappa shape index (κ2) is 2.70. The molecule has 2 aromatic rings. The lowest BCUT2D eigenvalue weighted by atomic mass is 10.4. The van der Waals surface area contributed by atoms with E-state index in [1.165, 1.54) is 12.4 Å². The second-order valence-corrected chi connectivity index (χ2v) is 2.32. The molecule has 7 nitrogen and oxygen atoms in total. The SMILES string of the molecule is Nc1nccnc1-c1n[nH]c(=O)[nH]1. The fourth-order valence-electron chi connectivity index (χ4n) is 0.913. The average molecular weight is 178 g/mol. The van der Waals surface area contributed by atoms with Gasteiger partial charge in [-0.3, -0.25) is 4.98 Å². The van der Waals surface area contributed by atoms with Crippen molar-refractivity contribution < 1.29 is 0 Å². The van der Waals surface area contributed by atoms with E-state index in [0.29, 0.717) is 5.69 Å². The lowest BCUT2D eigenvalue weighted by Gasteiger charge is -1.96. The molecule has 2 rings (SSSR count). The van der Waals surface area contributed by atoms with Gasteiger partial charge < -0.3 is 5.73 Å². The Morgan fingerprint density at radius 3 is 2.69 bits per heavy atom. The molecular formula is C6H6N6O. The number of anilines is 1. The van der Waals surface area contributed by atoms with Crippen molar-refractivity contribution in [1.82, 2.24) is 25.1 Å². The van der Waals surface area contributed by atoms with Gasteiger partial charge in [0.15, 0.2) is 11.6 Å². The van der Waals surface area contributed by atoms with Crippen molar-refractivity contribution in [2.24, 2.45) is 0 Å². The maximum atomic E-state index is 10.7.